The highest BCUT2D eigenvalue weighted by Gasteiger charge is 2.50. The van der Waals surface area contributed by atoms with Gasteiger partial charge < -0.3 is 15.0 Å². The molecule has 2 aromatic rings. The first-order valence-electron chi connectivity index (χ1n) is 12.5. The van der Waals surface area contributed by atoms with Gasteiger partial charge in [0.05, 0.1) is 28.4 Å². The van der Waals surface area contributed by atoms with Crippen molar-refractivity contribution in [1.82, 2.24) is 9.97 Å². The van der Waals surface area contributed by atoms with Gasteiger partial charge in [0.1, 0.15) is 0 Å². The number of aromatic amines is 1. The number of amides is 1. The first-order chi connectivity index (χ1) is 16.2. The van der Waals surface area contributed by atoms with E-state index in [9.17, 15) is 10.1 Å². The van der Waals surface area contributed by atoms with E-state index in [0.29, 0.717) is 12.8 Å². The Bertz CT molecular complexity index is 1190. The molecule has 0 saturated carbocycles. The van der Waals surface area contributed by atoms with Crippen LogP contribution in [0, 0.1) is 23.7 Å². The van der Waals surface area contributed by atoms with Crippen molar-refractivity contribution in [3.63, 3.8) is 0 Å². The molecule has 2 aliphatic rings. The summed E-state index contributed by atoms with van der Waals surface area (Å²) in [5.41, 5.74) is 3.46. The summed E-state index contributed by atoms with van der Waals surface area (Å²) < 4.78 is 6.31. The Morgan fingerprint density at radius 2 is 1.83 bits per heavy atom. The Labute approximate surface area is 209 Å². The van der Waals surface area contributed by atoms with Gasteiger partial charge in [0, 0.05) is 17.4 Å². The van der Waals surface area contributed by atoms with Gasteiger partial charge in [-0.2, -0.15) is 5.26 Å². The summed E-state index contributed by atoms with van der Waals surface area (Å²) >= 11 is 0. The van der Waals surface area contributed by atoms with Crippen molar-refractivity contribution >= 4 is 17.2 Å². The largest absolute Gasteiger partial charge is 0.370 e. The average molecular weight is 475 g/mol. The van der Waals surface area contributed by atoms with E-state index in [4.69, 9.17) is 4.74 Å². The van der Waals surface area contributed by atoms with E-state index in [1.807, 2.05) is 19.1 Å². The van der Waals surface area contributed by atoms with Gasteiger partial charge in [-0.05, 0) is 95.4 Å². The van der Waals surface area contributed by atoms with Crippen molar-refractivity contribution in [2.45, 2.75) is 97.2 Å². The lowest BCUT2D eigenvalue weighted by molar-refractivity contribution is -0.172. The van der Waals surface area contributed by atoms with E-state index < -0.39 is 16.6 Å². The van der Waals surface area contributed by atoms with Crippen LogP contribution in [-0.4, -0.2) is 27.1 Å². The Morgan fingerprint density at radius 1 is 1.14 bits per heavy atom. The van der Waals surface area contributed by atoms with Gasteiger partial charge in [-0.3, -0.25) is 4.79 Å². The highest BCUT2D eigenvalue weighted by molar-refractivity contribution is 6.03. The van der Waals surface area contributed by atoms with Crippen LogP contribution in [0.2, 0.25) is 0 Å². The third-order valence-electron chi connectivity index (χ3n) is 7.28. The number of nitriles is 1. The smallest absolute Gasteiger partial charge is 0.291 e. The van der Waals surface area contributed by atoms with E-state index in [1.165, 1.54) is 5.57 Å². The predicted molar refractivity (Wildman–Crippen MR) is 139 cm³/mol. The number of carbonyl (C=O) groups excluding carboxylic acids is 1. The molecule has 1 saturated heterocycles. The lowest BCUT2D eigenvalue weighted by Gasteiger charge is -2.49. The number of ether oxygens (including phenoxy) is 1. The maximum atomic E-state index is 12.9. The van der Waals surface area contributed by atoms with Crippen molar-refractivity contribution < 1.29 is 9.53 Å². The Balaban J connectivity index is 1.79. The maximum Gasteiger partial charge on any atom is 0.291 e. The number of allylic oxidation sites excluding steroid dienone is 2. The van der Waals surface area contributed by atoms with Gasteiger partial charge in [-0.15, -0.1) is 0 Å². The number of nitrogens with one attached hydrogen (secondary N) is 2. The second-order valence-electron chi connectivity index (χ2n) is 12.4. The molecule has 0 radical (unpaired) electrons. The van der Waals surface area contributed by atoms with Gasteiger partial charge in [0.2, 0.25) is 0 Å². The number of nitrogens with zero attached hydrogens (tertiary/aromatic N) is 2. The number of anilines is 1. The third-order valence-corrected chi connectivity index (χ3v) is 7.28. The molecule has 2 N–H and O–H groups in total. The molecule has 1 aromatic carbocycles. The van der Waals surface area contributed by atoms with Crippen LogP contribution in [0.1, 0.15) is 101 Å². The third kappa shape index (κ3) is 5.36. The Kier molecular flexibility index (Phi) is 6.22. The first kappa shape index (κ1) is 25.2. The number of aromatic nitrogens is 2. The zero-order chi connectivity index (χ0) is 25.6. The molecule has 0 unspecified atom stereocenters. The highest BCUT2D eigenvalue weighted by Crippen LogP contribution is 2.49. The van der Waals surface area contributed by atoms with E-state index >= 15 is 0 Å². The fraction of sp³-hybridized carbons (Fsp3) is 0.552. The summed E-state index contributed by atoms with van der Waals surface area (Å²) in [6.07, 6.45) is 8.23. The molecule has 1 amide bonds. The van der Waals surface area contributed by atoms with Crippen LogP contribution in [0.3, 0.4) is 0 Å². The summed E-state index contributed by atoms with van der Waals surface area (Å²) in [6.45, 7) is 14.7. The fourth-order valence-electron chi connectivity index (χ4n) is 5.93. The van der Waals surface area contributed by atoms with Gasteiger partial charge in [-0.1, -0.05) is 26.0 Å². The Hall–Kier alpha value is -2.91. The Morgan fingerprint density at radius 3 is 2.37 bits per heavy atom. The number of benzene rings is 1. The van der Waals surface area contributed by atoms with Crippen LogP contribution >= 0.6 is 0 Å². The van der Waals surface area contributed by atoms with E-state index in [2.05, 4.69) is 75.0 Å². The molecule has 6 nitrogen and oxygen atoms in total. The molecule has 4 rings (SSSR count). The lowest BCUT2D eigenvalue weighted by atomic mass is 9.65. The van der Waals surface area contributed by atoms with Crippen LogP contribution in [0.5, 0.6) is 0 Å². The first-order valence-corrected chi connectivity index (χ1v) is 12.5. The summed E-state index contributed by atoms with van der Waals surface area (Å²) in [5.74, 6) is 0.0184. The minimum Gasteiger partial charge on any atom is -0.370 e. The van der Waals surface area contributed by atoms with E-state index in [-0.39, 0.29) is 17.1 Å². The van der Waals surface area contributed by atoms with Crippen LogP contribution in [0.25, 0.3) is 5.57 Å². The molecule has 186 valence electrons. The summed E-state index contributed by atoms with van der Waals surface area (Å²) in [4.78, 5) is 20.2. The van der Waals surface area contributed by atoms with Crippen LogP contribution in [0.15, 0.2) is 30.5 Å². The second kappa shape index (κ2) is 8.64. The zero-order valence-electron chi connectivity index (χ0n) is 22.1. The molecular weight excluding hydrogens is 436 g/mol. The topological polar surface area (TPSA) is 90.8 Å². The quantitative estimate of drug-likeness (QED) is 0.516. The molecule has 1 aliphatic carbocycles. The minimum absolute atomic E-state index is 0.263. The zero-order valence-corrected chi connectivity index (χ0v) is 22.1. The molecular formula is C29H38N4O2. The van der Waals surface area contributed by atoms with E-state index in [0.717, 1.165) is 41.8 Å². The fourth-order valence-corrected chi connectivity index (χ4v) is 5.93. The number of carbonyl (C=O) groups is 1. The van der Waals surface area contributed by atoms with Gasteiger partial charge in [0.15, 0.2) is 5.82 Å². The van der Waals surface area contributed by atoms with Gasteiger partial charge in [-0.25, -0.2) is 4.98 Å². The van der Waals surface area contributed by atoms with Gasteiger partial charge >= 0.3 is 0 Å². The lowest BCUT2D eigenvalue weighted by Crippen LogP contribution is -2.52. The normalized spacial score (nSPS) is 22.1. The monoisotopic (exact) mass is 474 g/mol. The second-order valence-corrected chi connectivity index (χ2v) is 12.4. The number of rotatable bonds is 4. The van der Waals surface area contributed by atoms with Gasteiger partial charge in [0.25, 0.3) is 5.91 Å². The van der Waals surface area contributed by atoms with Crippen LogP contribution < -0.4 is 5.32 Å². The molecule has 0 atom stereocenters. The molecule has 2 heterocycles. The van der Waals surface area contributed by atoms with E-state index in [1.54, 1.807) is 6.20 Å². The van der Waals surface area contributed by atoms with Crippen LogP contribution in [-0.2, 0) is 10.2 Å². The maximum absolute atomic E-state index is 12.9. The van der Waals surface area contributed by atoms with Crippen molar-refractivity contribution in [3.05, 3.63) is 53.1 Å². The molecule has 1 aromatic heterocycles. The number of hydrogen-bond acceptors (Lipinski definition) is 4. The number of aryl methyl sites for hydroxylation is 1. The molecule has 35 heavy (non-hydrogen) atoms. The average Bonchev–Trinajstić information content (AvgIpc) is 3.18. The summed E-state index contributed by atoms with van der Waals surface area (Å²) in [6, 6.07) is 8.76. The van der Waals surface area contributed by atoms with Crippen molar-refractivity contribution in [1.29, 1.82) is 5.26 Å². The minimum atomic E-state index is -0.671. The van der Waals surface area contributed by atoms with Crippen molar-refractivity contribution in [2.75, 3.05) is 5.32 Å². The molecule has 0 bridgehead atoms. The molecule has 6 heteroatoms. The summed E-state index contributed by atoms with van der Waals surface area (Å²) in [5, 5.41) is 13.6. The molecule has 1 aliphatic heterocycles. The van der Waals surface area contributed by atoms with Crippen molar-refractivity contribution in [3.8, 4) is 6.07 Å². The number of imidazole rings is 1. The highest BCUT2D eigenvalue weighted by atomic mass is 16.5. The number of H-pyrrole nitrogens is 1. The molecule has 0 spiro atoms. The standard InChI is InChI=1S/C29H38N4O2/c1-19-15-31-24(32-19)25(34)33-23-9-8-21(14-22(23)20-10-12-26(2,3)13-11-20)29(18-30)16-27(4,5)35-28(6,7)17-29/h8-10,14-15H,11-13,16-17H2,1-7H3,(H,31,32)(H,33,34). The number of hydrogen-bond donors (Lipinski definition) is 2. The van der Waals surface area contributed by atoms with Crippen LogP contribution in [0.4, 0.5) is 5.69 Å². The molecule has 1 fully saturated rings. The SMILES string of the molecule is Cc1c[nH]c(C(=O)Nc2ccc(C3(C#N)CC(C)(C)OC(C)(C)C3)cc2C2=CCC(C)(C)CC2)n1. The van der Waals surface area contributed by atoms with Crippen molar-refractivity contribution in [2.24, 2.45) is 5.41 Å². The summed E-state index contributed by atoms with van der Waals surface area (Å²) in [7, 11) is 0. The predicted octanol–water partition coefficient (Wildman–Crippen LogP) is 6.69.